The molecule has 1 aromatic rings. The maximum absolute atomic E-state index is 6.27. The average molecular weight is 237 g/mol. The van der Waals surface area contributed by atoms with Crippen molar-refractivity contribution in [3.63, 3.8) is 0 Å². The summed E-state index contributed by atoms with van der Waals surface area (Å²) in [6, 6.07) is 4.99. The van der Waals surface area contributed by atoms with E-state index < -0.39 is 0 Å². The predicted molar refractivity (Wildman–Crippen MR) is 72.0 cm³/mol. The normalized spacial score (nSPS) is 19.1. The monoisotopic (exact) mass is 237 g/mol. The van der Waals surface area contributed by atoms with Gasteiger partial charge in [-0.25, -0.2) is 0 Å². The molecule has 0 spiro atoms. The molecule has 0 bridgehead atoms. The Hall–Kier alpha value is -0.340. The lowest BCUT2D eigenvalue weighted by Crippen LogP contribution is -2.28. The van der Waals surface area contributed by atoms with Crippen molar-refractivity contribution in [1.29, 1.82) is 0 Å². The molecule has 2 rings (SSSR count). The summed E-state index contributed by atoms with van der Waals surface area (Å²) < 4.78 is 0. The summed E-state index contributed by atoms with van der Waals surface area (Å²) in [7, 11) is 0. The Morgan fingerprint density at radius 3 is 2.62 bits per heavy atom. The van der Waals surface area contributed by atoms with Crippen LogP contribution in [0.3, 0.4) is 0 Å². The SMILES string of the molecule is CCc1ccc(CCC(N)C2CCCC2)s1. The molecule has 1 nitrogen and oxygen atoms in total. The third kappa shape index (κ3) is 3.08. The maximum Gasteiger partial charge on any atom is 0.00706 e. The van der Waals surface area contributed by atoms with Crippen molar-refractivity contribution in [2.24, 2.45) is 11.7 Å². The van der Waals surface area contributed by atoms with Gasteiger partial charge in [-0.1, -0.05) is 19.8 Å². The van der Waals surface area contributed by atoms with E-state index in [0.29, 0.717) is 6.04 Å². The number of hydrogen-bond acceptors (Lipinski definition) is 2. The molecule has 0 saturated heterocycles. The first kappa shape index (κ1) is 12.1. The molecule has 2 heteroatoms. The molecule has 1 unspecified atom stereocenters. The van der Waals surface area contributed by atoms with Crippen LogP contribution in [0, 0.1) is 5.92 Å². The standard InChI is InChI=1S/C14H23NS/c1-2-12-7-8-13(16-12)9-10-14(15)11-5-3-4-6-11/h7-8,11,14H,2-6,9-10,15H2,1H3. The molecule has 1 atom stereocenters. The quantitative estimate of drug-likeness (QED) is 0.829. The summed E-state index contributed by atoms with van der Waals surface area (Å²) in [5, 5.41) is 0. The second-order valence-corrected chi connectivity index (χ2v) is 6.22. The molecule has 1 aromatic heterocycles. The predicted octanol–water partition coefficient (Wildman–Crippen LogP) is 3.76. The molecule has 90 valence electrons. The summed E-state index contributed by atoms with van der Waals surface area (Å²) in [6.07, 6.45) is 9.06. The fourth-order valence-corrected chi connectivity index (χ4v) is 3.65. The highest BCUT2D eigenvalue weighted by Crippen LogP contribution is 2.29. The van der Waals surface area contributed by atoms with Crippen LogP contribution in [0.1, 0.15) is 48.8 Å². The van der Waals surface area contributed by atoms with Gasteiger partial charge in [-0.3, -0.25) is 0 Å². The first-order valence-corrected chi connectivity index (χ1v) is 7.44. The summed E-state index contributed by atoms with van der Waals surface area (Å²) in [5.74, 6) is 0.811. The zero-order valence-electron chi connectivity index (χ0n) is 10.2. The molecule has 1 heterocycles. The molecule has 1 aliphatic carbocycles. The van der Waals surface area contributed by atoms with E-state index in [9.17, 15) is 0 Å². The van der Waals surface area contributed by atoms with E-state index in [1.807, 2.05) is 11.3 Å². The van der Waals surface area contributed by atoms with E-state index in [1.165, 1.54) is 54.7 Å². The molecule has 2 N–H and O–H groups in total. The van der Waals surface area contributed by atoms with Crippen LogP contribution in [-0.2, 0) is 12.8 Å². The molecule has 1 fully saturated rings. The zero-order valence-corrected chi connectivity index (χ0v) is 11.1. The lowest BCUT2D eigenvalue weighted by atomic mass is 9.95. The van der Waals surface area contributed by atoms with Gasteiger partial charge in [0.05, 0.1) is 0 Å². The Kier molecular flexibility index (Phi) is 4.42. The Balaban J connectivity index is 1.77. The molecule has 0 aromatic carbocycles. The van der Waals surface area contributed by atoms with Gasteiger partial charge < -0.3 is 5.73 Å². The minimum atomic E-state index is 0.440. The summed E-state index contributed by atoms with van der Waals surface area (Å²) >= 11 is 1.96. The minimum absolute atomic E-state index is 0.440. The smallest absolute Gasteiger partial charge is 0.00706 e. The average Bonchev–Trinajstić information content (AvgIpc) is 2.96. The van der Waals surface area contributed by atoms with Crippen LogP contribution in [0.5, 0.6) is 0 Å². The molecular formula is C14H23NS. The molecule has 0 aliphatic heterocycles. The number of aryl methyl sites for hydroxylation is 2. The Morgan fingerprint density at radius 1 is 1.31 bits per heavy atom. The topological polar surface area (TPSA) is 26.0 Å². The Morgan fingerprint density at radius 2 is 2.00 bits per heavy atom. The molecule has 1 saturated carbocycles. The number of hydrogen-bond donors (Lipinski definition) is 1. The largest absolute Gasteiger partial charge is 0.327 e. The summed E-state index contributed by atoms with van der Waals surface area (Å²) in [4.78, 5) is 3.02. The summed E-state index contributed by atoms with van der Waals surface area (Å²) in [6.45, 7) is 2.22. The molecule has 1 aliphatic rings. The van der Waals surface area contributed by atoms with Gasteiger partial charge in [-0.05, 0) is 50.2 Å². The van der Waals surface area contributed by atoms with Crippen LogP contribution in [0.4, 0.5) is 0 Å². The van der Waals surface area contributed by atoms with Crippen LogP contribution in [0.15, 0.2) is 12.1 Å². The van der Waals surface area contributed by atoms with Crippen molar-refractivity contribution in [2.75, 3.05) is 0 Å². The highest BCUT2D eigenvalue weighted by molar-refractivity contribution is 7.11. The lowest BCUT2D eigenvalue weighted by molar-refractivity contribution is 0.411. The highest BCUT2D eigenvalue weighted by Gasteiger charge is 2.21. The first-order valence-electron chi connectivity index (χ1n) is 6.62. The van der Waals surface area contributed by atoms with Crippen molar-refractivity contribution in [3.8, 4) is 0 Å². The first-order chi connectivity index (χ1) is 7.79. The van der Waals surface area contributed by atoms with E-state index in [2.05, 4.69) is 19.1 Å². The number of thiophene rings is 1. The third-order valence-electron chi connectivity index (χ3n) is 3.80. The van der Waals surface area contributed by atoms with Gasteiger partial charge in [0.15, 0.2) is 0 Å². The van der Waals surface area contributed by atoms with Gasteiger partial charge >= 0.3 is 0 Å². The van der Waals surface area contributed by atoms with Crippen molar-refractivity contribution in [1.82, 2.24) is 0 Å². The Bertz CT molecular complexity index is 312. The van der Waals surface area contributed by atoms with E-state index >= 15 is 0 Å². The minimum Gasteiger partial charge on any atom is -0.327 e. The van der Waals surface area contributed by atoms with Gasteiger partial charge in [-0.2, -0.15) is 0 Å². The van der Waals surface area contributed by atoms with E-state index in [-0.39, 0.29) is 0 Å². The van der Waals surface area contributed by atoms with Crippen LogP contribution in [0.2, 0.25) is 0 Å². The fraction of sp³-hybridized carbons (Fsp3) is 0.714. The molecule has 16 heavy (non-hydrogen) atoms. The van der Waals surface area contributed by atoms with Crippen LogP contribution in [-0.4, -0.2) is 6.04 Å². The van der Waals surface area contributed by atoms with Gasteiger partial charge in [0.25, 0.3) is 0 Å². The van der Waals surface area contributed by atoms with Gasteiger partial charge in [0.2, 0.25) is 0 Å². The van der Waals surface area contributed by atoms with E-state index in [1.54, 1.807) is 0 Å². The zero-order chi connectivity index (χ0) is 11.4. The van der Waals surface area contributed by atoms with E-state index in [4.69, 9.17) is 5.73 Å². The number of rotatable bonds is 5. The second-order valence-electron chi connectivity index (χ2n) is 4.97. The van der Waals surface area contributed by atoms with Crippen LogP contribution >= 0.6 is 11.3 Å². The molecule has 0 radical (unpaired) electrons. The molecular weight excluding hydrogens is 214 g/mol. The van der Waals surface area contributed by atoms with Gasteiger partial charge in [0, 0.05) is 15.8 Å². The Labute approximate surface area is 103 Å². The third-order valence-corrected chi connectivity index (χ3v) is 5.08. The van der Waals surface area contributed by atoms with Crippen molar-refractivity contribution >= 4 is 11.3 Å². The summed E-state index contributed by atoms with van der Waals surface area (Å²) in [5.41, 5.74) is 6.27. The van der Waals surface area contributed by atoms with Crippen LogP contribution in [0.25, 0.3) is 0 Å². The lowest BCUT2D eigenvalue weighted by Gasteiger charge is -2.18. The van der Waals surface area contributed by atoms with Gasteiger partial charge in [0.1, 0.15) is 0 Å². The van der Waals surface area contributed by atoms with Crippen molar-refractivity contribution in [3.05, 3.63) is 21.9 Å². The van der Waals surface area contributed by atoms with Crippen molar-refractivity contribution < 1.29 is 0 Å². The van der Waals surface area contributed by atoms with Gasteiger partial charge in [-0.15, -0.1) is 11.3 Å². The molecule has 0 amide bonds. The fourth-order valence-electron chi connectivity index (χ4n) is 2.68. The number of nitrogens with two attached hydrogens (primary N) is 1. The maximum atomic E-state index is 6.27. The van der Waals surface area contributed by atoms with Crippen LogP contribution < -0.4 is 5.73 Å². The second kappa shape index (κ2) is 5.83. The van der Waals surface area contributed by atoms with E-state index in [0.717, 1.165) is 5.92 Å². The highest BCUT2D eigenvalue weighted by atomic mass is 32.1. The van der Waals surface area contributed by atoms with Crippen molar-refractivity contribution in [2.45, 2.75) is 57.9 Å².